The zero-order valence-corrected chi connectivity index (χ0v) is 17.9. The van der Waals surface area contributed by atoms with Gasteiger partial charge in [-0.15, -0.1) is 0 Å². The number of para-hydroxylation sites is 1. The van der Waals surface area contributed by atoms with E-state index in [4.69, 9.17) is 12.2 Å². The Labute approximate surface area is 169 Å². The number of aryl methyl sites for hydroxylation is 1. The quantitative estimate of drug-likeness (QED) is 0.750. The van der Waals surface area contributed by atoms with Crippen molar-refractivity contribution in [2.45, 2.75) is 84.3 Å². The molecule has 3 rings (SSSR count). The molecule has 1 amide bonds. The summed E-state index contributed by atoms with van der Waals surface area (Å²) in [4.78, 5) is 14.8. The van der Waals surface area contributed by atoms with E-state index in [0.29, 0.717) is 12.1 Å². The van der Waals surface area contributed by atoms with Crippen LogP contribution in [0.4, 0.5) is 5.69 Å². The third-order valence-corrected chi connectivity index (χ3v) is 6.18. The molecule has 2 heterocycles. The molecule has 2 aliphatic heterocycles. The maximum absolute atomic E-state index is 12.4. The van der Waals surface area contributed by atoms with Gasteiger partial charge in [-0.3, -0.25) is 4.79 Å². The highest BCUT2D eigenvalue weighted by atomic mass is 32.1. The highest BCUT2D eigenvalue weighted by Gasteiger charge is 2.40. The first-order valence-corrected chi connectivity index (χ1v) is 10.7. The third kappa shape index (κ3) is 4.63. The minimum atomic E-state index is -0.340. The van der Waals surface area contributed by atoms with Crippen molar-refractivity contribution >= 4 is 28.9 Å². The Morgan fingerprint density at radius 1 is 1.19 bits per heavy atom. The molecule has 0 saturated carbocycles. The Kier molecular flexibility index (Phi) is 6.09. The Balaban J connectivity index is 1.69. The fourth-order valence-corrected chi connectivity index (χ4v) is 4.77. The number of piperidine rings is 2. The van der Waals surface area contributed by atoms with Gasteiger partial charge in [-0.05, 0) is 62.4 Å². The van der Waals surface area contributed by atoms with E-state index in [1.54, 1.807) is 0 Å². The molecule has 2 N–H and O–H groups in total. The first kappa shape index (κ1) is 20.1. The number of hydrogen-bond acceptors (Lipinski definition) is 2. The number of benzene rings is 1. The summed E-state index contributed by atoms with van der Waals surface area (Å²) in [6.07, 6.45) is 6.50. The van der Waals surface area contributed by atoms with Crippen LogP contribution in [0.2, 0.25) is 0 Å². The van der Waals surface area contributed by atoms with Gasteiger partial charge in [0.1, 0.15) is 0 Å². The Bertz CT molecular complexity index is 683. The molecule has 2 saturated heterocycles. The lowest BCUT2D eigenvalue weighted by atomic mass is 9.81. The van der Waals surface area contributed by atoms with Gasteiger partial charge in [-0.1, -0.05) is 45.9 Å². The zero-order chi connectivity index (χ0) is 19.6. The average Bonchev–Trinajstić information content (AvgIpc) is 2.60. The Morgan fingerprint density at radius 3 is 2.41 bits per heavy atom. The molecular formula is C22H33N3OS. The summed E-state index contributed by atoms with van der Waals surface area (Å²) in [5, 5.41) is 7.63. The second kappa shape index (κ2) is 8.17. The lowest BCUT2D eigenvalue weighted by Gasteiger charge is -2.50. The molecule has 2 aliphatic rings. The molecule has 27 heavy (non-hydrogen) atoms. The van der Waals surface area contributed by atoms with Crippen LogP contribution in [-0.4, -0.2) is 34.0 Å². The molecule has 5 heteroatoms. The number of nitrogens with zero attached hydrogens (tertiary/aromatic N) is 1. The van der Waals surface area contributed by atoms with Crippen molar-refractivity contribution in [3.8, 4) is 0 Å². The van der Waals surface area contributed by atoms with E-state index >= 15 is 0 Å². The molecule has 0 aliphatic carbocycles. The van der Waals surface area contributed by atoms with Gasteiger partial charge in [0.25, 0.3) is 0 Å². The van der Waals surface area contributed by atoms with Crippen LogP contribution in [0.5, 0.6) is 0 Å². The monoisotopic (exact) mass is 387 g/mol. The van der Waals surface area contributed by atoms with Crippen LogP contribution < -0.4 is 10.6 Å². The molecule has 4 nitrogen and oxygen atoms in total. The highest BCUT2D eigenvalue weighted by Crippen LogP contribution is 2.35. The normalized spacial score (nSPS) is 25.0. The van der Waals surface area contributed by atoms with Crippen molar-refractivity contribution in [1.29, 1.82) is 0 Å². The van der Waals surface area contributed by atoms with Crippen LogP contribution in [-0.2, 0) is 11.2 Å². The first-order chi connectivity index (χ1) is 12.8. The third-order valence-electron chi connectivity index (χ3n) is 5.87. The van der Waals surface area contributed by atoms with Gasteiger partial charge in [-0.25, -0.2) is 0 Å². The smallest absolute Gasteiger partial charge is 0.225 e. The van der Waals surface area contributed by atoms with E-state index in [2.05, 4.69) is 46.7 Å². The van der Waals surface area contributed by atoms with Crippen LogP contribution in [0.25, 0.3) is 0 Å². The second-order valence-corrected chi connectivity index (χ2v) is 9.37. The van der Waals surface area contributed by atoms with Gasteiger partial charge in [0, 0.05) is 29.2 Å². The van der Waals surface area contributed by atoms with Crippen molar-refractivity contribution in [3.05, 3.63) is 29.8 Å². The number of hydrogen-bond donors (Lipinski definition) is 2. The molecule has 1 aromatic carbocycles. The lowest BCUT2D eigenvalue weighted by Crippen LogP contribution is -2.60. The average molecular weight is 388 g/mol. The van der Waals surface area contributed by atoms with Crippen LogP contribution in [0.15, 0.2) is 24.3 Å². The molecule has 0 spiro atoms. The van der Waals surface area contributed by atoms with E-state index in [0.717, 1.165) is 42.9 Å². The standard InChI is InChI=1S/C22H33N3OS/c1-5-15-9-6-7-12-19(15)24-21(27)25-17-10-8-11-18(25)14-16(13-17)23-20(26)22(2,3)4/h6-7,9,12,16-18H,5,8,10-11,13-14H2,1-4H3,(H,23,26)(H,24,27)/t17-,18-/m1/s1. The van der Waals surface area contributed by atoms with Crippen molar-refractivity contribution in [3.63, 3.8) is 0 Å². The number of carbonyl (C=O) groups excluding carboxylic acids is 1. The molecule has 2 fully saturated rings. The largest absolute Gasteiger partial charge is 0.353 e. The molecule has 0 unspecified atom stereocenters. The fourth-order valence-electron chi connectivity index (χ4n) is 4.36. The van der Waals surface area contributed by atoms with Gasteiger partial charge in [0.05, 0.1) is 0 Å². The van der Waals surface area contributed by atoms with Gasteiger partial charge < -0.3 is 15.5 Å². The fraction of sp³-hybridized carbons (Fsp3) is 0.636. The lowest BCUT2D eigenvalue weighted by molar-refractivity contribution is -0.129. The first-order valence-electron chi connectivity index (χ1n) is 10.3. The van der Waals surface area contributed by atoms with Crippen molar-refractivity contribution in [2.75, 3.05) is 5.32 Å². The SMILES string of the molecule is CCc1ccccc1NC(=S)N1[C@@H]2CCC[C@@H]1CC(NC(=O)C(C)(C)C)C2. The molecule has 148 valence electrons. The molecule has 0 radical (unpaired) electrons. The van der Waals surface area contributed by atoms with E-state index in [-0.39, 0.29) is 17.4 Å². The van der Waals surface area contributed by atoms with Crippen LogP contribution in [0.3, 0.4) is 0 Å². The Morgan fingerprint density at radius 2 is 1.81 bits per heavy atom. The number of anilines is 1. The van der Waals surface area contributed by atoms with Crippen molar-refractivity contribution in [1.82, 2.24) is 10.2 Å². The van der Waals surface area contributed by atoms with Gasteiger partial charge in [0.15, 0.2) is 5.11 Å². The highest BCUT2D eigenvalue weighted by molar-refractivity contribution is 7.80. The minimum Gasteiger partial charge on any atom is -0.353 e. The number of carbonyl (C=O) groups is 1. The van der Waals surface area contributed by atoms with Crippen LogP contribution in [0.1, 0.15) is 65.4 Å². The summed E-state index contributed by atoms with van der Waals surface area (Å²) in [6, 6.07) is 9.48. The number of thiocarbonyl (C=S) groups is 1. The Hall–Kier alpha value is -1.62. The van der Waals surface area contributed by atoms with Crippen LogP contribution in [0, 0.1) is 5.41 Å². The predicted molar refractivity (Wildman–Crippen MR) is 116 cm³/mol. The number of amides is 1. The summed E-state index contributed by atoms with van der Waals surface area (Å²) in [7, 11) is 0. The zero-order valence-electron chi connectivity index (χ0n) is 17.0. The second-order valence-electron chi connectivity index (χ2n) is 8.98. The van der Waals surface area contributed by atoms with Gasteiger partial charge in [-0.2, -0.15) is 0 Å². The topological polar surface area (TPSA) is 44.4 Å². The molecular weight excluding hydrogens is 354 g/mol. The van der Waals surface area contributed by atoms with Crippen molar-refractivity contribution < 1.29 is 4.79 Å². The van der Waals surface area contributed by atoms with E-state index in [9.17, 15) is 4.79 Å². The number of nitrogens with one attached hydrogen (secondary N) is 2. The maximum Gasteiger partial charge on any atom is 0.225 e. The molecule has 2 bridgehead atoms. The van der Waals surface area contributed by atoms with E-state index in [1.807, 2.05) is 20.8 Å². The van der Waals surface area contributed by atoms with Crippen molar-refractivity contribution in [2.24, 2.45) is 5.41 Å². The molecule has 1 aromatic rings. The summed E-state index contributed by atoms with van der Waals surface area (Å²) in [5.41, 5.74) is 2.07. The summed E-state index contributed by atoms with van der Waals surface area (Å²) < 4.78 is 0. The number of rotatable bonds is 3. The number of fused-ring (bicyclic) bond motifs is 2. The van der Waals surface area contributed by atoms with E-state index in [1.165, 1.54) is 12.0 Å². The summed E-state index contributed by atoms with van der Waals surface area (Å²) >= 11 is 5.83. The maximum atomic E-state index is 12.4. The molecule has 0 aromatic heterocycles. The molecule has 2 atom stereocenters. The van der Waals surface area contributed by atoms with E-state index < -0.39 is 0 Å². The van der Waals surface area contributed by atoms with Gasteiger partial charge in [0.2, 0.25) is 5.91 Å². The summed E-state index contributed by atoms with van der Waals surface area (Å²) in [5.74, 6) is 0.150. The minimum absolute atomic E-state index is 0.150. The summed E-state index contributed by atoms with van der Waals surface area (Å²) in [6.45, 7) is 8.09. The van der Waals surface area contributed by atoms with Gasteiger partial charge >= 0.3 is 0 Å². The predicted octanol–water partition coefficient (Wildman–Crippen LogP) is 4.49. The van der Waals surface area contributed by atoms with Crippen LogP contribution >= 0.6 is 12.2 Å².